The molecule has 0 bridgehead atoms. The van der Waals surface area contributed by atoms with E-state index in [0.717, 1.165) is 0 Å². The molecule has 1 atom stereocenters. The van der Waals surface area contributed by atoms with Gasteiger partial charge in [-0.15, -0.1) is 0 Å². The zero-order valence-corrected chi connectivity index (χ0v) is 12.9. The number of aliphatic carboxylic acids is 1. The van der Waals surface area contributed by atoms with Crippen LogP contribution in [0.5, 0.6) is 0 Å². The van der Waals surface area contributed by atoms with Gasteiger partial charge in [0.1, 0.15) is 5.71 Å². The van der Waals surface area contributed by atoms with Gasteiger partial charge in [-0.2, -0.15) is 5.10 Å². The van der Waals surface area contributed by atoms with Gasteiger partial charge in [0.2, 0.25) is 5.91 Å². The molecule has 122 valence electrons. The van der Waals surface area contributed by atoms with Crippen LogP contribution >= 0.6 is 0 Å². The molecule has 23 heavy (non-hydrogen) atoms. The number of carbonyl (C=O) groups is 3. The smallest absolute Gasteiger partial charge is 0.303 e. The summed E-state index contributed by atoms with van der Waals surface area (Å²) in [7, 11) is 0. The Hall–Kier alpha value is -2.70. The Balaban J connectivity index is 2.05. The summed E-state index contributed by atoms with van der Waals surface area (Å²) in [6, 6.07) is 8.64. The van der Waals surface area contributed by atoms with Gasteiger partial charge in [-0.3, -0.25) is 14.4 Å². The lowest BCUT2D eigenvalue weighted by Crippen LogP contribution is -2.42. The quantitative estimate of drug-likeness (QED) is 0.831. The van der Waals surface area contributed by atoms with Crippen molar-refractivity contribution in [3.8, 4) is 0 Å². The molecule has 2 rings (SSSR count). The summed E-state index contributed by atoms with van der Waals surface area (Å²) in [5.41, 5.74) is 0.886. The molecular weight excluding hydrogens is 298 g/mol. The highest BCUT2D eigenvalue weighted by molar-refractivity contribution is 6.40. The highest BCUT2D eigenvalue weighted by Crippen LogP contribution is 2.19. The largest absolute Gasteiger partial charge is 0.481 e. The monoisotopic (exact) mass is 317 g/mol. The SMILES string of the molecule is CC(CCC(=O)O)NC(=O)C1=NN(c2ccccc2)C(=O)CC1. The standard InChI is InChI=1S/C16H19N3O4/c1-11(7-10-15(21)22)17-16(23)13-8-9-14(20)19(18-13)12-5-3-2-4-6-12/h2-6,11H,7-10H2,1H3,(H,17,23)(H,21,22). The lowest BCUT2D eigenvalue weighted by molar-refractivity contribution is -0.137. The average molecular weight is 317 g/mol. The highest BCUT2D eigenvalue weighted by atomic mass is 16.4. The van der Waals surface area contributed by atoms with Crippen LogP contribution in [0, 0.1) is 0 Å². The minimum atomic E-state index is -0.901. The second-order valence-electron chi connectivity index (χ2n) is 5.39. The van der Waals surface area contributed by atoms with Crippen LogP contribution < -0.4 is 10.3 Å². The zero-order chi connectivity index (χ0) is 16.8. The third-order valence-electron chi connectivity index (χ3n) is 3.46. The molecule has 1 aromatic carbocycles. The maximum Gasteiger partial charge on any atom is 0.303 e. The number of hydrogen-bond acceptors (Lipinski definition) is 4. The molecular formula is C16H19N3O4. The number of nitrogens with one attached hydrogen (secondary N) is 1. The number of carbonyl (C=O) groups excluding carboxylic acids is 2. The zero-order valence-electron chi connectivity index (χ0n) is 12.9. The van der Waals surface area contributed by atoms with Crippen LogP contribution in [0.2, 0.25) is 0 Å². The summed E-state index contributed by atoms with van der Waals surface area (Å²) in [5.74, 6) is -1.43. The Morgan fingerprint density at radius 3 is 2.65 bits per heavy atom. The Kier molecular flexibility index (Phi) is 5.46. The first-order chi connectivity index (χ1) is 11.0. The predicted molar refractivity (Wildman–Crippen MR) is 85.1 cm³/mol. The van der Waals surface area contributed by atoms with Crippen molar-refractivity contribution in [3.05, 3.63) is 30.3 Å². The first-order valence-corrected chi connectivity index (χ1v) is 7.45. The number of carboxylic acids is 1. The summed E-state index contributed by atoms with van der Waals surface area (Å²) in [4.78, 5) is 34.7. The first kappa shape index (κ1) is 16.7. The number of para-hydroxylation sites is 1. The first-order valence-electron chi connectivity index (χ1n) is 7.45. The second-order valence-corrected chi connectivity index (χ2v) is 5.39. The highest BCUT2D eigenvalue weighted by Gasteiger charge is 2.26. The lowest BCUT2D eigenvalue weighted by atomic mass is 10.1. The molecule has 1 aromatic rings. The minimum Gasteiger partial charge on any atom is -0.481 e. The third kappa shape index (κ3) is 4.64. The number of carboxylic acid groups (broad SMARTS) is 1. The molecule has 0 radical (unpaired) electrons. The topological polar surface area (TPSA) is 99.1 Å². The van der Waals surface area contributed by atoms with Gasteiger partial charge >= 0.3 is 5.97 Å². The molecule has 2 amide bonds. The van der Waals surface area contributed by atoms with Crippen molar-refractivity contribution in [2.75, 3.05) is 5.01 Å². The molecule has 1 aliphatic rings. The number of hydrogen-bond donors (Lipinski definition) is 2. The van der Waals surface area contributed by atoms with Crippen molar-refractivity contribution >= 4 is 29.2 Å². The fourth-order valence-corrected chi connectivity index (χ4v) is 2.21. The fraction of sp³-hybridized carbons (Fsp3) is 0.375. The number of rotatable bonds is 6. The van der Waals surface area contributed by atoms with Gasteiger partial charge in [-0.05, 0) is 25.5 Å². The van der Waals surface area contributed by atoms with Crippen LogP contribution in [0.3, 0.4) is 0 Å². The van der Waals surface area contributed by atoms with Crippen molar-refractivity contribution in [2.24, 2.45) is 5.10 Å². The number of anilines is 1. The summed E-state index contributed by atoms with van der Waals surface area (Å²) in [5, 5.41) is 16.8. The van der Waals surface area contributed by atoms with Crippen LogP contribution in [0.15, 0.2) is 35.4 Å². The van der Waals surface area contributed by atoms with Gasteiger partial charge in [-0.25, -0.2) is 5.01 Å². The molecule has 0 fully saturated rings. The third-order valence-corrected chi connectivity index (χ3v) is 3.46. The Labute approximate surface area is 134 Å². The van der Waals surface area contributed by atoms with Gasteiger partial charge in [-0.1, -0.05) is 18.2 Å². The van der Waals surface area contributed by atoms with Crippen molar-refractivity contribution in [2.45, 2.75) is 38.6 Å². The molecule has 0 aromatic heterocycles. The summed E-state index contributed by atoms with van der Waals surface area (Å²) in [6.45, 7) is 1.74. The molecule has 2 N–H and O–H groups in total. The van der Waals surface area contributed by atoms with Gasteiger partial charge < -0.3 is 10.4 Å². The molecule has 1 aliphatic heterocycles. The van der Waals surface area contributed by atoms with Gasteiger partial charge in [0.05, 0.1) is 5.69 Å². The summed E-state index contributed by atoms with van der Waals surface area (Å²) < 4.78 is 0. The molecule has 0 aliphatic carbocycles. The Morgan fingerprint density at radius 1 is 1.30 bits per heavy atom. The van der Waals surface area contributed by atoms with Crippen molar-refractivity contribution < 1.29 is 19.5 Å². The normalized spacial score (nSPS) is 15.8. The molecule has 1 heterocycles. The van der Waals surface area contributed by atoms with Crippen LogP contribution in [-0.2, 0) is 14.4 Å². The van der Waals surface area contributed by atoms with Crippen LogP contribution in [0.25, 0.3) is 0 Å². The van der Waals surface area contributed by atoms with Crippen molar-refractivity contribution in [1.29, 1.82) is 0 Å². The van der Waals surface area contributed by atoms with E-state index in [1.165, 1.54) is 5.01 Å². The molecule has 0 spiro atoms. The van der Waals surface area contributed by atoms with E-state index < -0.39 is 5.97 Å². The Bertz CT molecular complexity index is 627. The summed E-state index contributed by atoms with van der Waals surface area (Å²) >= 11 is 0. The molecule has 0 saturated carbocycles. The fourth-order valence-electron chi connectivity index (χ4n) is 2.21. The van der Waals surface area contributed by atoms with E-state index in [2.05, 4.69) is 10.4 Å². The number of nitrogens with zero attached hydrogens (tertiary/aromatic N) is 2. The van der Waals surface area contributed by atoms with E-state index in [-0.39, 0.29) is 42.8 Å². The lowest BCUT2D eigenvalue weighted by Gasteiger charge is -2.23. The molecule has 0 saturated heterocycles. The van der Waals surface area contributed by atoms with E-state index in [4.69, 9.17) is 5.11 Å². The van der Waals surface area contributed by atoms with Crippen molar-refractivity contribution in [1.82, 2.24) is 5.32 Å². The molecule has 7 nitrogen and oxygen atoms in total. The molecule has 7 heteroatoms. The van der Waals surface area contributed by atoms with Gasteiger partial charge in [0.25, 0.3) is 5.91 Å². The maximum absolute atomic E-state index is 12.2. The van der Waals surface area contributed by atoms with Crippen molar-refractivity contribution in [3.63, 3.8) is 0 Å². The maximum atomic E-state index is 12.2. The minimum absolute atomic E-state index is 0.0114. The van der Waals surface area contributed by atoms with Crippen LogP contribution in [0.4, 0.5) is 5.69 Å². The van der Waals surface area contributed by atoms with E-state index >= 15 is 0 Å². The summed E-state index contributed by atoms with van der Waals surface area (Å²) in [6.07, 6.45) is 0.822. The van der Waals surface area contributed by atoms with E-state index in [1.54, 1.807) is 31.2 Å². The number of benzene rings is 1. The predicted octanol–water partition coefficient (Wildman–Crippen LogP) is 1.54. The van der Waals surface area contributed by atoms with Gasteiger partial charge in [0, 0.05) is 25.3 Å². The van der Waals surface area contributed by atoms with E-state index in [9.17, 15) is 14.4 Å². The number of hydrazone groups is 1. The average Bonchev–Trinajstić information content (AvgIpc) is 2.54. The Morgan fingerprint density at radius 2 is 2.00 bits per heavy atom. The van der Waals surface area contributed by atoms with E-state index in [1.807, 2.05) is 6.07 Å². The number of amides is 2. The van der Waals surface area contributed by atoms with Crippen LogP contribution in [0.1, 0.15) is 32.6 Å². The second kappa shape index (κ2) is 7.53. The van der Waals surface area contributed by atoms with Crippen LogP contribution in [-0.4, -0.2) is 34.6 Å². The van der Waals surface area contributed by atoms with E-state index in [0.29, 0.717) is 12.1 Å². The van der Waals surface area contributed by atoms with Gasteiger partial charge in [0.15, 0.2) is 0 Å². The molecule has 1 unspecified atom stereocenters.